The maximum atomic E-state index is 12.6. The Morgan fingerprint density at radius 1 is 1.17 bits per heavy atom. The van der Waals surface area contributed by atoms with E-state index in [-0.39, 0.29) is 11.9 Å². The summed E-state index contributed by atoms with van der Waals surface area (Å²) in [5.41, 5.74) is 2.81. The fourth-order valence-electron chi connectivity index (χ4n) is 2.49. The van der Waals surface area contributed by atoms with Gasteiger partial charge in [-0.1, -0.05) is 30.3 Å². The van der Waals surface area contributed by atoms with Gasteiger partial charge in [-0.3, -0.25) is 4.79 Å². The Morgan fingerprint density at radius 2 is 1.96 bits per heavy atom. The van der Waals surface area contributed by atoms with Gasteiger partial charge in [0.25, 0.3) is 5.91 Å². The van der Waals surface area contributed by atoms with E-state index in [0.29, 0.717) is 0 Å². The van der Waals surface area contributed by atoms with Gasteiger partial charge in [-0.15, -0.1) is 0 Å². The summed E-state index contributed by atoms with van der Waals surface area (Å²) in [5.74, 6) is 0.741. The van der Waals surface area contributed by atoms with Crippen molar-refractivity contribution in [3.63, 3.8) is 0 Å². The number of amides is 1. The second-order valence-corrected chi connectivity index (χ2v) is 5.48. The third kappa shape index (κ3) is 4.57. The quantitative estimate of drug-likeness (QED) is 0.826. The van der Waals surface area contributed by atoms with E-state index in [1.54, 1.807) is 7.11 Å². The molecule has 0 aliphatic heterocycles. The van der Waals surface area contributed by atoms with Crippen LogP contribution >= 0.6 is 0 Å². The molecule has 0 bridgehead atoms. The zero-order valence-electron chi connectivity index (χ0n) is 13.9. The first-order chi connectivity index (χ1) is 11.2. The number of carbonyl (C=O) groups excluding carboxylic acids is 1. The van der Waals surface area contributed by atoms with Crippen LogP contribution in [0.25, 0.3) is 0 Å². The summed E-state index contributed by atoms with van der Waals surface area (Å²) >= 11 is 0. The minimum atomic E-state index is -0.0880. The largest absolute Gasteiger partial charge is 0.497 e. The molecule has 4 nitrogen and oxygen atoms in total. The molecule has 23 heavy (non-hydrogen) atoms. The van der Waals surface area contributed by atoms with E-state index in [0.717, 1.165) is 35.4 Å². The molecule has 0 saturated carbocycles. The van der Waals surface area contributed by atoms with E-state index >= 15 is 0 Å². The lowest BCUT2D eigenvalue weighted by molar-refractivity contribution is 0.0939. The molecule has 0 aromatic heterocycles. The minimum Gasteiger partial charge on any atom is -0.497 e. The fraction of sp³-hybridized carbons (Fsp3) is 0.316. The maximum Gasteiger partial charge on any atom is 0.252 e. The molecule has 0 aliphatic rings. The van der Waals surface area contributed by atoms with Crippen molar-refractivity contribution >= 4 is 5.91 Å². The van der Waals surface area contributed by atoms with Crippen molar-refractivity contribution in [3.8, 4) is 5.75 Å². The van der Waals surface area contributed by atoms with E-state index in [1.165, 1.54) is 0 Å². The predicted octanol–water partition coefficient (Wildman–Crippen LogP) is 2.95. The summed E-state index contributed by atoms with van der Waals surface area (Å²) in [5, 5.41) is 6.18. The summed E-state index contributed by atoms with van der Waals surface area (Å²) in [7, 11) is 3.55. The molecule has 0 aliphatic carbocycles. The molecular formula is C19H24N2O2. The number of rotatable bonds is 7. The number of nitrogens with one attached hydrogen (secondary N) is 2. The van der Waals surface area contributed by atoms with E-state index in [2.05, 4.69) is 10.6 Å². The summed E-state index contributed by atoms with van der Waals surface area (Å²) in [6, 6.07) is 15.4. The Balaban J connectivity index is 2.12. The Kier molecular flexibility index (Phi) is 6.18. The predicted molar refractivity (Wildman–Crippen MR) is 92.9 cm³/mol. The number of ether oxygens (including phenoxy) is 1. The van der Waals surface area contributed by atoms with Crippen LogP contribution in [0.2, 0.25) is 0 Å². The van der Waals surface area contributed by atoms with E-state index in [9.17, 15) is 4.79 Å². The monoisotopic (exact) mass is 312 g/mol. The molecule has 122 valence electrons. The number of hydrogen-bond acceptors (Lipinski definition) is 3. The topological polar surface area (TPSA) is 50.4 Å². The molecular weight excluding hydrogens is 288 g/mol. The van der Waals surface area contributed by atoms with E-state index in [4.69, 9.17) is 4.74 Å². The van der Waals surface area contributed by atoms with Gasteiger partial charge in [-0.25, -0.2) is 0 Å². The molecule has 2 N–H and O–H groups in total. The molecule has 2 aromatic rings. The molecule has 1 amide bonds. The van der Waals surface area contributed by atoms with Crippen LogP contribution in [0, 0.1) is 0 Å². The molecule has 2 aromatic carbocycles. The third-order valence-corrected chi connectivity index (χ3v) is 3.85. The molecule has 1 atom stereocenters. The summed E-state index contributed by atoms with van der Waals surface area (Å²) < 4.78 is 5.24. The fourth-order valence-corrected chi connectivity index (χ4v) is 2.49. The van der Waals surface area contributed by atoms with Crippen LogP contribution in [0.3, 0.4) is 0 Å². The molecule has 1 unspecified atom stereocenters. The molecule has 0 spiro atoms. The van der Waals surface area contributed by atoms with Crippen molar-refractivity contribution in [2.75, 3.05) is 20.7 Å². The molecule has 0 saturated heterocycles. The van der Waals surface area contributed by atoms with Crippen LogP contribution in [0.5, 0.6) is 5.75 Å². The number of benzene rings is 2. The van der Waals surface area contributed by atoms with Gasteiger partial charge in [0, 0.05) is 5.56 Å². The normalized spacial score (nSPS) is 11.8. The zero-order chi connectivity index (χ0) is 16.7. The Bertz CT molecular complexity index is 655. The Hall–Kier alpha value is -2.33. The third-order valence-electron chi connectivity index (χ3n) is 3.85. The lowest BCUT2D eigenvalue weighted by atomic mass is 10.0. The highest BCUT2D eigenvalue weighted by atomic mass is 16.5. The minimum absolute atomic E-state index is 0.0491. The number of hydrogen-bond donors (Lipinski definition) is 2. The average Bonchev–Trinajstić information content (AvgIpc) is 2.60. The lowest BCUT2D eigenvalue weighted by Crippen LogP contribution is -2.28. The molecule has 0 fully saturated rings. The molecule has 0 heterocycles. The van der Waals surface area contributed by atoms with Crippen LogP contribution in [0.15, 0.2) is 48.5 Å². The SMILES string of the molecule is CNCCc1ccccc1C(=O)NC(C)c1cccc(OC)c1. The van der Waals surface area contributed by atoms with Gasteiger partial charge < -0.3 is 15.4 Å². The van der Waals surface area contributed by atoms with Gasteiger partial charge in [0.05, 0.1) is 13.2 Å². The van der Waals surface area contributed by atoms with Crippen molar-refractivity contribution in [1.82, 2.24) is 10.6 Å². The molecule has 2 rings (SSSR count). The van der Waals surface area contributed by atoms with Crippen molar-refractivity contribution in [1.29, 1.82) is 0 Å². The number of methoxy groups -OCH3 is 1. The number of carbonyl (C=O) groups is 1. The summed E-state index contributed by atoms with van der Waals surface area (Å²) in [4.78, 5) is 12.6. The van der Waals surface area contributed by atoms with Crippen molar-refractivity contribution in [2.24, 2.45) is 0 Å². The first-order valence-corrected chi connectivity index (χ1v) is 7.83. The van der Waals surface area contributed by atoms with Crippen molar-refractivity contribution in [2.45, 2.75) is 19.4 Å². The molecule has 0 radical (unpaired) electrons. The summed E-state index contributed by atoms with van der Waals surface area (Å²) in [6.45, 7) is 2.82. The first kappa shape index (κ1) is 17.0. The van der Waals surface area contributed by atoms with Crippen LogP contribution in [0.1, 0.15) is 34.5 Å². The Labute approximate surface area is 137 Å². The standard InChI is InChI=1S/C19H24N2O2/c1-14(16-8-6-9-17(13-16)23-3)21-19(22)18-10-5-4-7-15(18)11-12-20-2/h4-10,13-14,20H,11-12H2,1-3H3,(H,21,22). The highest BCUT2D eigenvalue weighted by molar-refractivity contribution is 5.95. The second-order valence-electron chi connectivity index (χ2n) is 5.48. The van der Waals surface area contributed by atoms with Gasteiger partial charge in [0.15, 0.2) is 0 Å². The van der Waals surface area contributed by atoms with Crippen molar-refractivity contribution in [3.05, 3.63) is 65.2 Å². The summed E-state index contributed by atoms with van der Waals surface area (Å²) in [6.07, 6.45) is 0.827. The van der Waals surface area contributed by atoms with Gasteiger partial charge >= 0.3 is 0 Å². The van der Waals surface area contributed by atoms with Crippen molar-refractivity contribution < 1.29 is 9.53 Å². The number of likely N-dealkylation sites (N-methyl/N-ethyl adjacent to an activating group) is 1. The first-order valence-electron chi connectivity index (χ1n) is 7.83. The van der Waals surface area contributed by atoms with E-state index < -0.39 is 0 Å². The lowest BCUT2D eigenvalue weighted by Gasteiger charge is -2.17. The van der Waals surface area contributed by atoms with Gasteiger partial charge in [-0.2, -0.15) is 0 Å². The van der Waals surface area contributed by atoms with Crippen LogP contribution in [-0.4, -0.2) is 26.6 Å². The average molecular weight is 312 g/mol. The highest BCUT2D eigenvalue weighted by Crippen LogP contribution is 2.19. The molecule has 4 heteroatoms. The highest BCUT2D eigenvalue weighted by Gasteiger charge is 2.14. The van der Waals surface area contributed by atoms with Crippen LogP contribution in [0.4, 0.5) is 0 Å². The Morgan fingerprint density at radius 3 is 2.70 bits per heavy atom. The maximum absolute atomic E-state index is 12.6. The zero-order valence-corrected chi connectivity index (χ0v) is 13.9. The van der Waals surface area contributed by atoms with Crippen LogP contribution < -0.4 is 15.4 Å². The van der Waals surface area contributed by atoms with E-state index in [1.807, 2.05) is 62.5 Å². The second kappa shape index (κ2) is 8.34. The van der Waals surface area contributed by atoms with Gasteiger partial charge in [0.1, 0.15) is 5.75 Å². The van der Waals surface area contributed by atoms with Gasteiger partial charge in [-0.05, 0) is 56.3 Å². The van der Waals surface area contributed by atoms with Crippen LogP contribution in [-0.2, 0) is 6.42 Å². The van der Waals surface area contributed by atoms with Gasteiger partial charge in [0.2, 0.25) is 0 Å². The smallest absolute Gasteiger partial charge is 0.252 e.